The Labute approximate surface area is 775 Å². The number of fused-ring (bicyclic) bond motifs is 1. The topological polar surface area (TPSA) is 576 Å². The average molecular weight is 1870 g/mol. The van der Waals surface area contributed by atoms with Gasteiger partial charge in [-0.25, -0.2) is 14.8 Å². The van der Waals surface area contributed by atoms with E-state index in [9.17, 15) is 52.7 Å². The molecule has 11 amide bonds. The number of aromatic nitrogens is 6. The third-order valence-corrected chi connectivity index (χ3v) is 20.2. The lowest BCUT2D eigenvalue weighted by atomic mass is 9.88. The highest BCUT2D eigenvalue weighted by atomic mass is 35.5. The number of nitrogens with two attached hydrogens (primary N) is 2. The number of amides is 11. The van der Waals surface area contributed by atoms with Gasteiger partial charge in [0.2, 0.25) is 41.2 Å². The summed E-state index contributed by atoms with van der Waals surface area (Å²) in [6.07, 6.45) is 5.98. The number of nitrogens with one attached hydrogen (secondary N) is 15. The van der Waals surface area contributed by atoms with Crippen LogP contribution in [0.5, 0.6) is 0 Å². The van der Waals surface area contributed by atoms with E-state index in [1.807, 2.05) is 53.4 Å². The number of benzene rings is 3. The number of halogens is 1. The number of rotatable bonds is 57. The van der Waals surface area contributed by atoms with Crippen molar-refractivity contribution in [2.75, 3.05) is 176 Å². The molecular formula is C88H125ClN24O20. The number of guanidine groups is 2. The Morgan fingerprint density at radius 1 is 0.466 bits per heavy atom. The molecule has 1 aliphatic rings. The fourth-order valence-electron chi connectivity index (χ4n) is 13.6. The Kier molecular flexibility index (Phi) is 43.3. The van der Waals surface area contributed by atoms with E-state index in [1.54, 1.807) is 71.7 Å². The molecule has 0 aliphatic carbocycles. The number of ether oxygens (including phenoxy) is 9. The zero-order valence-corrected chi connectivity index (χ0v) is 77.2. The molecule has 7 aromatic rings. The lowest BCUT2D eigenvalue weighted by Gasteiger charge is -2.39. The minimum atomic E-state index is -1.16. The lowest BCUT2D eigenvalue weighted by molar-refractivity contribution is -0.130. The van der Waals surface area contributed by atoms with Crippen LogP contribution < -0.4 is 85.5 Å². The van der Waals surface area contributed by atoms with Crippen molar-refractivity contribution in [3.63, 3.8) is 0 Å². The van der Waals surface area contributed by atoms with Crippen LogP contribution in [0.15, 0.2) is 104 Å². The van der Waals surface area contributed by atoms with Gasteiger partial charge < -0.3 is 146 Å². The van der Waals surface area contributed by atoms with Crippen molar-refractivity contribution in [1.82, 2.24) is 70.8 Å². The highest BCUT2D eigenvalue weighted by molar-refractivity contribution is 6.30. The summed E-state index contributed by atoms with van der Waals surface area (Å²) in [6, 6.07) is 21.7. The lowest BCUT2D eigenvalue weighted by Crippen LogP contribution is -2.54. The van der Waals surface area contributed by atoms with Gasteiger partial charge in [-0.2, -0.15) is 0 Å². The minimum absolute atomic E-state index is 0.00455. The zero-order chi connectivity index (χ0) is 96.4. The molecule has 0 unspecified atom stereocenters. The summed E-state index contributed by atoms with van der Waals surface area (Å²) in [5.41, 5.74) is 16.1. The molecule has 0 radical (unpaired) electrons. The van der Waals surface area contributed by atoms with E-state index in [0.29, 0.717) is 128 Å². The normalized spacial score (nSPS) is 13.3. The molecule has 3 aromatic carbocycles. The maximum Gasteiger partial charge on any atom is 0.408 e. The summed E-state index contributed by atoms with van der Waals surface area (Å²) in [5, 5.41) is 51.2. The maximum absolute atomic E-state index is 13.6. The molecule has 4 atom stereocenters. The predicted molar refractivity (Wildman–Crippen MR) is 497 cm³/mol. The fourth-order valence-corrected chi connectivity index (χ4v) is 13.8. The Hall–Kier alpha value is -13.1. The number of imidazole rings is 2. The smallest absolute Gasteiger partial charge is 0.408 e. The quantitative estimate of drug-likeness (QED) is 0.0143. The van der Waals surface area contributed by atoms with Gasteiger partial charge >= 0.3 is 6.09 Å². The summed E-state index contributed by atoms with van der Waals surface area (Å²) in [7, 11) is 6.30. The molecule has 8 rings (SSSR count). The molecule has 133 heavy (non-hydrogen) atoms. The zero-order valence-electron chi connectivity index (χ0n) is 76.5. The third-order valence-electron chi connectivity index (χ3n) is 19.9. The van der Waals surface area contributed by atoms with Gasteiger partial charge in [-0.15, -0.1) is 0 Å². The van der Waals surface area contributed by atoms with Crippen molar-refractivity contribution in [2.45, 2.75) is 109 Å². The second-order valence-electron chi connectivity index (χ2n) is 31.8. The summed E-state index contributed by atoms with van der Waals surface area (Å²) in [4.78, 5) is 155. The summed E-state index contributed by atoms with van der Waals surface area (Å²) >= 11 is 6.14. The van der Waals surface area contributed by atoms with E-state index in [1.165, 1.54) is 51.5 Å². The van der Waals surface area contributed by atoms with Crippen LogP contribution in [0, 0.1) is 10.8 Å². The molecule has 4 aromatic heterocycles. The second kappa shape index (κ2) is 54.7. The number of alkyl carbamates (subject to hydrolysis) is 1. The van der Waals surface area contributed by atoms with Crippen LogP contribution in [0.3, 0.4) is 0 Å². The first-order valence-corrected chi connectivity index (χ1v) is 43.9. The number of carbonyl (C=O) groups is 11. The van der Waals surface area contributed by atoms with Crippen LogP contribution in [-0.4, -0.2) is 274 Å². The molecule has 0 bridgehead atoms. The fraction of sp³-hybridized carbons (Fsp3) is 0.489. The molecule has 0 saturated carbocycles. The monoisotopic (exact) mass is 1870 g/mol. The van der Waals surface area contributed by atoms with Crippen LogP contribution in [0.4, 0.5) is 39.2 Å². The number of hydrogen-bond donors (Lipinski definition) is 17. The first-order chi connectivity index (χ1) is 63.7. The summed E-state index contributed by atoms with van der Waals surface area (Å²) in [6.45, 7) is 15.0. The number of nitrogens with zero attached hydrogens (tertiary/aromatic N) is 7. The van der Waals surface area contributed by atoms with Crippen molar-refractivity contribution in [3.8, 4) is 11.1 Å². The van der Waals surface area contributed by atoms with E-state index in [0.717, 1.165) is 34.5 Å². The molecule has 45 heteroatoms. The van der Waals surface area contributed by atoms with Crippen LogP contribution >= 0.6 is 11.6 Å². The van der Waals surface area contributed by atoms with Gasteiger partial charge in [-0.1, -0.05) is 29.8 Å². The minimum Gasteiger partial charge on any atom is -0.444 e. The van der Waals surface area contributed by atoms with Crippen LogP contribution in [-0.2, 0) is 94.8 Å². The summed E-state index contributed by atoms with van der Waals surface area (Å²) in [5.74, 6) is -5.67. The van der Waals surface area contributed by atoms with E-state index < -0.39 is 71.0 Å². The van der Waals surface area contributed by atoms with Crippen molar-refractivity contribution >= 4 is 123 Å². The third kappa shape index (κ3) is 36.9. The molecule has 5 heterocycles. The van der Waals surface area contributed by atoms with Crippen LogP contribution in [0.25, 0.3) is 11.1 Å². The summed E-state index contributed by atoms with van der Waals surface area (Å²) < 4.78 is 55.8. The van der Waals surface area contributed by atoms with E-state index in [2.05, 4.69) is 92.1 Å². The molecule has 19 N–H and O–H groups in total. The maximum atomic E-state index is 13.6. The molecule has 724 valence electrons. The van der Waals surface area contributed by atoms with Gasteiger partial charge in [0.15, 0.2) is 23.6 Å². The van der Waals surface area contributed by atoms with Gasteiger partial charge in [0, 0.05) is 140 Å². The Bertz CT molecular complexity index is 5030. The number of aryl methyl sites for hydroxylation is 4. The molecule has 44 nitrogen and oxygen atoms in total. The second-order valence-corrected chi connectivity index (χ2v) is 32.2. The van der Waals surface area contributed by atoms with Gasteiger partial charge in [0.25, 0.3) is 29.5 Å². The SMILES string of the molecule is CC(=O)N1c2ccc(-c3ccc(C(=O)NCCOCCOCCOCCOCCOCCOCCOCCOCCNC(=O)c4cc(NC(=O)c5nc(NC(=O)CCNC(=O)c6cc(NC(=O)c7nc(NC(=O)CCNC(=O)[C@H](CCCNC(=N)N)NC(=O)[C@H](CCCNC(=N)N)NC(=O)OC(C)(C)C)cn7C)cn6C)cn5C)cn4C)cc3)cc2[C@H](Nc2ccc(Cl)cc2)C[C@@H]1C. The van der Waals surface area contributed by atoms with Crippen molar-refractivity contribution in [2.24, 2.45) is 39.7 Å². The molecule has 0 spiro atoms. The number of hydrogen-bond acceptors (Lipinski definition) is 25. The predicted octanol–water partition coefficient (Wildman–Crippen LogP) is 4.35. The van der Waals surface area contributed by atoms with Crippen LogP contribution in [0.2, 0.25) is 5.02 Å². The standard InChI is InChI=1S/C88H125ClN24O20/c1-56-48-68(100-62-21-19-61(89)20-22-62)65-49-60(18-23-69(65)113(56)57(2)114)58-14-16-59(17-15-58)78(117)96-30-32-125-34-36-127-38-40-129-42-44-131-46-47-132-45-43-130-41-39-128-37-35-126-33-31-97-82(121)71-51-64(53-110(71)7)102-84(123)77-108-73(55-112(77)9)106-75(116)25-29-95-81(120)70-50-63(52-109(70)6)101-83(122)76-107-72(54-111(76)8)105-74(115)24-28-94-79(118)66(12-10-26-98-85(90)91)103-80(119)67(13-11-27-99-86(92)93)104-87(124)133-88(3,4)5/h14-23,49-56,66-68,100H,10-13,24-48H2,1-9H3,(H,94,118)(H,95,120)(H,96,117)(H,97,121)(H,101,122)(H,102,123)(H,103,119)(H,104,124)(H,105,115)(H,106,116)(H4,90,91,98)(H4,92,93,99)/t56-,66-,67-,68+/m0/s1. The van der Waals surface area contributed by atoms with E-state index >= 15 is 0 Å². The first-order valence-electron chi connectivity index (χ1n) is 43.6. The highest BCUT2D eigenvalue weighted by Crippen LogP contribution is 2.41. The van der Waals surface area contributed by atoms with Crippen molar-refractivity contribution in [3.05, 3.63) is 143 Å². The largest absolute Gasteiger partial charge is 0.444 e. The molecule has 0 fully saturated rings. The van der Waals surface area contributed by atoms with Gasteiger partial charge in [-0.05, 0) is 137 Å². The van der Waals surface area contributed by atoms with E-state index in [-0.39, 0.29) is 148 Å². The Morgan fingerprint density at radius 2 is 0.887 bits per heavy atom. The molecule has 0 saturated heterocycles. The average Bonchev–Trinajstić information content (AvgIpc) is 1.69. The Balaban J connectivity index is 0.597. The van der Waals surface area contributed by atoms with Crippen molar-refractivity contribution in [1.29, 1.82) is 10.8 Å². The molecule has 1 aliphatic heterocycles. The Morgan fingerprint density at radius 3 is 1.33 bits per heavy atom. The van der Waals surface area contributed by atoms with Gasteiger partial charge in [-0.3, -0.25) is 58.8 Å². The van der Waals surface area contributed by atoms with Crippen molar-refractivity contribution < 1.29 is 95.4 Å². The van der Waals surface area contributed by atoms with Gasteiger partial charge in [0.05, 0.1) is 123 Å². The van der Waals surface area contributed by atoms with E-state index in [4.69, 9.17) is 76.5 Å². The molecular weight excluding hydrogens is 1750 g/mol. The number of carbonyl (C=O) groups excluding carboxylic acids is 11. The number of anilines is 6. The van der Waals surface area contributed by atoms with Crippen LogP contribution in [0.1, 0.15) is 144 Å². The highest BCUT2D eigenvalue weighted by Gasteiger charge is 2.34. The first kappa shape index (κ1) is 105. The van der Waals surface area contributed by atoms with Gasteiger partial charge in [0.1, 0.15) is 29.1 Å².